The maximum atomic E-state index is 11.6. The number of hydrogen-bond donors (Lipinski definition) is 2. The Labute approximate surface area is 121 Å². The largest absolute Gasteiger partial charge is 0.354 e. The Morgan fingerprint density at radius 3 is 2.90 bits per heavy atom. The van der Waals surface area contributed by atoms with Crippen molar-refractivity contribution < 1.29 is 4.79 Å². The van der Waals surface area contributed by atoms with Gasteiger partial charge in [-0.3, -0.25) is 4.79 Å². The molecule has 6 heteroatoms. The van der Waals surface area contributed by atoms with Gasteiger partial charge in [0.05, 0.1) is 5.52 Å². The Morgan fingerprint density at radius 1 is 1.33 bits per heavy atom. The van der Waals surface area contributed by atoms with Crippen LogP contribution in [0, 0.1) is 0 Å². The van der Waals surface area contributed by atoms with E-state index in [0.29, 0.717) is 18.1 Å². The molecule has 0 aliphatic carbocycles. The Balaban J connectivity index is 2.14. The van der Waals surface area contributed by atoms with Crippen LogP contribution in [0.3, 0.4) is 0 Å². The van der Waals surface area contributed by atoms with Crippen LogP contribution < -0.4 is 11.1 Å². The quantitative estimate of drug-likeness (QED) is 0.756. The summed E-state index contributed by atoms with van der Waals surface area (Å²) in [6.45, 7) is 0.350. The summed E-state index contributed by atoms with van der Waals surface area (Å²) in [7, 11) is 1.57. The summed E-state index contributed by atoms with van der Waals surface area (Å²) in [5.74, 6) is 0.412. The summed E-state index contributed by atoms with van der Waals surface area (Å²) in [4.78, 5) is 16.2. The highest BCUT2D eigenvalue weighted by atomic mass is 16.1. The molecule has 6 nitrogen and oxygen atoms in total. The summed E-state index contributed by atoms with van der Waals surface area (Å²) < 4.78 is 1.58. The number of aromatic nitrogens is 3. The number of rotatable bonds is 3. The minimum Gasteiger partial charge on any atom is -0.354 e. The minimum absolute atomic E-state index is 0.233. The molecule has 0 radical (unpaired) electrons. The molecule has 0 atom stereocenters. The molecule has 3 aromatic rings. The van der Waals surface area contributed by atoms with Crippen LogP contribution >= 0.6 is 0 Å². The molecular formula is C15H15N5O. The summed E-state index contributed by atoms with van der Waals surface area (Å²) in [6, 6.07) is 11.5. The number of amides is 1. The lowest BCUT2D eigenvalue weighted by Gasteiger charge is -2.09. The second kappa shape index (κ2) is 5.34. The molecule has 1 amide bonds. The zero-order chi connectivity index (χ0) is 14.8. The SMILES string of the molecule is CNC(=O)c1ccn(-c2nc3ccccc3cc2CN)n1. The van der Waals surface area contributed by atoms with Gasteiger partial charge < -0.3 is 11.1 Å². The van der Waals surface area contributed by atoms with E-state index in [1.807, 2.05) is 30.3 Å². The number of fused-ring (bicyclic) bond motifs is 1. The van der Waals surface area contributed by atoms with Gasteiger partial charge in [0.15, 0.2) is 11.5 Å². The van der Waals surface area contributed by atoms with Crippen LogP contribution in [0.5, 0.6) is 0 Å². The molecule has 3 N–H and O–H groups in total. The number of benzene rings is 1. The van der Waals surface area contributed by atoms with E-state index in [0.717, 1.165) is 16.5 Å². The number of carbonyl (C=O) groups is 1. The highest BCUT2D eigenvalue weighted by Gasteiger charge is 2.12. The van der Waals surface area contributed by atoms with Crippen molar-refractivity contribution in [2.75, 3.05) is 7.05 Å². The van der Waals surface area contributed by atoms with E-state index in [1.165, 1.54) is 0 Å². The number of para-hydroxylation sites is 1. The van der Waals surface area contributed by atoms with E-state index in [9.17, 15) is 4.79 Å². The molecular weight excluding hydrogens is 266 g/mol. The lowest BCUT2D eigenvalue weighted by atomic mass is 10.1. The van der Waals surface area contributed by atoms with Crippen LogP contribution in [0.15, 0.2) is 42.6 Å². The van der Waals surface area contributed by atoms with Gasteiger partial charge in [0.2, 0.25) is 0 Å². The predicted molar refractivity (Wildman–Crippen MR) is 80.1 cm³/mol. The molecule has 3 rings (SSSR count). The monoisotopic (exact) mass is 281 g/mol. The number of hydrogen-bond acceptors (Lipinski definition) is 4. The van der Waals surface area contributed by atoms with Gasteiger partial charge in [-0.2, -0.15) is 5.10 Å². The Bertz CT molecular complexity index is 809. The van der Waals surface area contributed by atoms with Gasteiger partial charge in [0.1, 0.15) is 0 Å². The fourth-order valence-electron chi connectivity index (χ4n) is 2.19. The molecule has 1 aromatic carbocycles. The highest BCUT2D eigenvalue weighted by molar-refractivity contribution is 5.92. The zero-order valence-corrected chi connectivity index (χ0v) is 11.6. The van der Waals surface area contributed by atoms with Crippen LogP contribution in [0.1, 0.15) is 16.1 Å². The summed E-state index contributed by atoms with van der Waals surface area (Å²) in [5.41, 5.74) is 7.89. The highest BCUT2D eigenvalue weighted by Crippen LogP contribution is 2.19. The summed E-state index contributed by atoms with van der Waals surface area (Å²) >= 11 is 0. The Kier molecular flexibility index (Phi) is 3.37. The van der Waals surface area contributed by atoms with Gasteiger partial charge in [-0.05, 0) is 18.2 Å². The van der Waals surface area contributed by atoms with E-state index in [1.54, 1.807) is 24.0 Å². The third-order valence-electron chi connectivity index (χ3n) is 3.27. The van der Waals surface area contributed by atoms with Crippen molar-refractivity contribution >= 4 is 16.8 Å². The molecule has 0 saturated heterocycles. The average Bonchev–Trinajstić information content (AvgIpc) is 3.02. The molecule has 0 aliphatic heterocycles. The van der Waals surface area contributed by atoms with Crippen molar-refractivity contribution in [3.8, 4) is 5.82 Å². The maximum Gasteiger partial charge on any atom is 0.271 e. The average molecular weight is 281 g/mol. The fraction of sp³-hybridized carbons (Fsp3) is 0.133. The second-order valence-corrected chi connectivity index (χ2v) is 4.59. The van der Waals surface area contributed by atoms with Crippen molar-refractivity contribution in [2.24, 2.45) is 5.73 Å². The molecule has 2 aromatic heterocycles. The van der Waals surface area contributed by atoms with Crippen molar-refractivity contribution in [1.82, 2.24) is 20.1 Å². The van der Waals surface area contributed by atoms with E-state index in [4.69, 9.17) is 5.73 Å². The zero-order valence-electron chi connectivity index (χ0n) is 11.6. The molecule has 0 fully saturated rings. The number of nitrogens with two attached hydrogens (primary N) is 1. The molecule has 0 bridgehead atoms. The third-order valence-corrected chi connectivity index (χ3v) is 3.27. The van der Waals surface area contributed by atoms with Gasteiger partial charge >= 0.3 is 0 Å². The van der Waals surface area contributed by atoms with Gasteiger partial charge in [-0.15, -0.1) is 0 Å². The van der Waals surface area contributed by atoms with Crippen LogP contribution in [-0.4, -0.2) is 27.7 Å². The molecule has 106 valence electrons. The fourth-order valence-corrected chi connectivity index (χ4v) is 2.19. The molecule has 2 heterocycles. The van der Waals surface area contributed by atoms with E-state index in [-0.39, 0.29) is 5.91 Å². The lowest BCUT2D eigenvalue weighted by molar-refractivity contribution is 0.0957. The number of pyridine rings is 1. The standard InChI is InChI=1S/C15H15N5O/c1-17-15(21)13-6-7-20(19-13)14-11(9-16)8-10-4-2-3-5-12(10)18-14/h2-8H,9,16H2,1H3,(H,17,21). The summed E-state index contributed by atoms with van der Waals surface area (Å²) in [6.07, 6.45) is 1.71. The smallest absolute Gasteiger partial charge is 0.271 e. The van der Waals surface area contributed by atoms with Crippen LogP contribution in [-0.2, 0) is 6.54 Å². The topological polar surface area (TPSA) is 85.8 Å². The molecule has 0 saturated carbocycles. The number of nitrogens with zero attached hydrogens (tertiary/aromatic N) is 3. The third kappa shape index (κ3) is 2.36. The van der Waals surface area contributed by atoms with Crippen LogP contribution in [0.25, 0.3) is 16.7 Å². The van der Waals surface area contributed by atoms with Gasteiger partial charge in [-0.25, -0.2) is 9.67 Å². The second-order valence-electron chi connectivity index (χ2n) is 4.59. The summed E-state index contributed by atoms with van der Waals surface area (Å²) in [5, 5.41) is 7.83. The van der Waals surface area contributed by atoms with E-state index < -0.39 is 0 Å². The van der Waals surface area contributed by atoms with E-state index >= 15 is 0 Å². The van der Waals surface area contributed by atoms with Gasteiger partial charge in [0, 0.05) is 30.7 Å². The first-order valence-corrected chi connectivity index (χ1v) is 6.60. The minimum atomic E-state index is -0.233. The predicted octanol–water partition coefficient (Wildman–Crippen LogP) is 1.24. The Morgan fingerprint density at radius 2 is 2.14 bits per heavy atom. The molecule has 21 heavy (non-hydrogen) atoms. The van der Waals surface area contributed by atoms with Crippen molar-refractivity contribution in [1.29, 1.82) is 0 Å². The van der Waals surface area contributed by atoms with Crippen molar-refractivity contribution in [3.63, 3.8) is 0 Å². The normalized spacial score (nSPS) is 10.8. The van der Waals surface area contributed by atoms with Crippen LogP contribution in [0.4, 0.5) is 0 Å². The molecule has 0 spiro atoms. The van der Waals surface area contributed by atoms with Crippen molar-refractivity contribution in [3.05, 3.63) is 53.9 Å². The van der Waals surface area contributed by atoms with Crippen LogP contribution in [0.2, 0.25) is 0 Å². The number of nitrogens with one attached hydrogen (secondary N) is 1. The van der Waals surface area contributed by atoms with E-state index in [2.05, 4.69) is 15.4 Å². The first kappa shape index (κ1) is 13.3. The Hall–Kier alpha value is -2.73. The number of carbonyl (C=O) groups excluding carboxylic acids is 1. The molecule has 0 unspecified atom stereocenters. The van der Waals surface area contributed by atoms with Crippen molar-refractivity contribution in [2.45, 2.75) is 6.54 Å². The first-order chi connectivity index (χ1) is 10.2. The van der Waals surface area contributed by atoms with Gasteiger partial charge in [-0.1, -0.05) is 18.2 Å². The maximum absolute atomic E-state index is 11.6. The first-order valence-electron chi connectivity index (χ1n) is 6.60. The van der Waals surface area contributed by atoms with Gasteiger partial charge in [0.25, 0.3) is 5.91 Å². The molecule has 0 aliphatic rings. The lowest BCUT2D eigenvalue weighted by Crippen LogP contribution is -2.18.